The van der Waals surface area contributed by atoms with Gasteiger partial charge in [0.2, 0.25) is 0 Å². The zero-order chi connectivity index (χ0) is 16.3. The Balaban J connectivity index is 2.26. The molecule has 0 unspecified atom stereocenters. The molecule has 22 heavy (non-hydrogen) atoms. The molecule has 6 heteroatoms. The fourth-order valence-corrected chi connectivity index (χ4v) is 2.44. The van der Waals surface area contributed by atoms with Crippen LogP contribution in [0.4, 0.5) is 0 Å². The minimum Gasteiger partial charge on any atom is -0.468 e. The van der Waals surface area contributed by atoms with Gasteiger partial charge in [0.05, 0.1) is 12.1 Å². The predicted octanol–water partition coefficient (Wildman–Crippen LogP) is 1.75. The summed E-state index contributed by atoms with van der Waals surface area (Å²) in [7, 11) is 2.96. The second kappa shape index (κ2) is 6.77. The Morgan fingerprint density at radius 2 is 2.00 bits per heavy atom. The lowest BCUT2D eigenvalue weighted by atomic mass is 10.0. The Labute approximate surface area is 133 Å². The SMILES string of the molecule is COC(=O)[C@@H](N)Cc1ccc(-c2cc(Cl)cn(C)c2=O)cc1. The molecule has 0 fully saturated rings. The fourth-order valence-electron chi connectivity index (χ4n) is 2.19. The second-order valence-electron chi connectivity index (χ2n) is 5.02. The van der Waals surface area contributed by atoms with E-state index in [4.69, 9.17) is 17.3 Å². The van der Waals surface area contributed by atoms with Gasteiger partial charge in [-0.05, 0) is 23.6 Å². The van der Waals surface area contributed by atoms with Crippen LogP contribution in [0.5, 0.6) is 0 Å². The summed E-state index contributed by atoms with van der Waals surface area (Å²) in [5.74, 6) is -0.451. The van der Waals surface area contributed by atoms with Crippen molar-refractivity contribution in [2.45, 2.75) is 12.5 Å². The smallest absolute Gasteiger partial charge is 0.322 e. The zero-order valence-electron chi connectivity index (χ0n) is 12.4. The van der Waals surface area contributed by atoms with Gasteiger partial charge in [-0.2, -0.15) is 0 Å². The van der Waals surface area contributed by atoms with Crippen molar-refractivity contribution in [3.8, 4) is 11.1 Å². The van der Waals surface area contributed by atoms with Crippen LogP contribution in [0, 0.1) is 0 Å². The first-order chi connectivity index (χ1) is 10.4. The Morgan fingerprint density at radius 3 is 2.59 bits per heavy atom. The van der Waals surface area contributed by atoms with Crippen LogP contribution in [0.1, 0.15) is 5.56 Å². The molecule has 0 radical (unpaired) electrons. The quantitative estimate of drug-likeness (QED) is 0.871. The van der Waals surface area contributed by atoms with Crippen molar-refractivity contribution in [1.29, 1.82) is 0 Å². The van der Waals surface area contributed by atoms with Gasteiger partial charge in [0, 0.05) is 18.8 Å². The van der Waals surface area contributed by atoms with Gasteiger partial charge in [0.1, 0.15) is 6.04 Å². The lowest BCUT2D eigenvalue weighted by Crippen LogP contribution is -2.33. The summed E-state index contributed by atoms with van der Waals surface area (Å²) in [5.41, 5.74) is 7.78. The van der Waals surface area contributed by atoms with Crippen molar-refractivity contribution in [1.82, 2.24) is 4.57 Å². The molecule has 0 aliphatic carbocycles. The molecule has 0 spiro atoms. The Morgan fingerprint density at radius 1 is 1.36 bits per heavy atom. The number of hydrogen-bond acceptors (Lipinski definition) is 4. The van der Waals surface area contributed by atoms with E-state index in [0.717, 1.165) is 11.1 Å². The van der Waals surface area contributed by atoms with E-state index in [0.29, 0.717) is 17.0 Å². The van der Waals surface area contributed by atoms with Gasteiger partial charge in [0.25, 0.3) is 5.56 Å². The largest absolute Gasteiger partial charge is 0.468 e. The third-order valence-corrected chi connectivity index (χ3v) is 3.58. The molecule has 1 aromatic heterocycles. The highest BCUT2D eigenvalue weighted by molar-refractivity contribution is 6.30. The van der Waals surface area contributed by atoms with E-state index >= 15 is 0 Å². The molecule has 0 bridgehead atoms. The number of carbonyl (C=O) groups is 1. The normalized spacial score (nSPS) is 12.0. The molecule has 2 N–H and O–H groups in total. The molecule has 0 saturated carbocycles. The van der Waals surface area contributed by atoms with Gasteiger partial charge >= 0.3 is 5.97 Å². The number of carbonyl (C=O) groups excluding carboxylic acids is 1. The molecule has 0 amide bonds. The maximum Gasteiger partial charge on any atom is 0.322 e. The molecule has 2 aromatic rings. The Kier molecular flexibility index (Phi) is 5.00. The minimum atomic E-state index is -0.699. The molecule has 2 rings (SSSR count). The molecule has 116 valence electrons. The van der Waals surface area contributed by atoms with E-state index in [2.05, 4.69) is 4.74 Å². The third kappa shape index (κ3) is 3.55. The number of halogens is 1. The first kappa shape index (κ1) is 16.3. The Bertz CT molecular complexity index is 738. The highest BCUT2D eigenvalue weighted by Crippen LogP contribution is 2.20. The highest BCUT2D eigenvalue weighted by Gasteiger charge is 2.14. The summed E-state index contributed by atoms with van der Waals surface area (Å²) in [6, 6.07) is 8.23. The molecular weight excluding hydrogens is 304 g/mol. The summed E-state index contributed by atoms with van der Waals surface area (Å²) in [5, 5.41) is 0.494. The molecule has 1 heterocycles. The molecule has 5 nitrogen and oxygen atoms in total. The van der Waals surface area contributed by atoms with Crippen molar-refractivity contribution in [3.63, 3.8) is 0 Å². The summed E-state index contributed by atoms with van der Waals surface area (Å²) in [6.45, 7) is 0. The van der Waals surface area contributed by atoms with Gasteiger partial charge in [-0.25, -0.2) is 0 Å². The van der Waals surface area contributed by atoms with Crippen molar-refractivity contribution < 1.29 is 9.53 Å². The minimum absolute atomic E-state index is 0.122. The molecule has 1 atom stereocenters. The van der Waals surface area contributed by atoms with Gasteiger partial charge in [0.15, 0.2) is 0 Å². The lowest BCUT2D eigenvalue weighted by Gasteiger charge is -2.10. The number of nitrogens with two attached hydrogens (primary N) is 1. The first-order valence-electron chi connectivity index (χ1n) is 6.71. The number of methoxy groups -OCH3 is 1. The van der Waals surface area contributed by atoms with Gasteiger partial charge < -0.3 is 15.0 Å². The maximum atomic E-state index is 12.1. The number of esters is 1. The van der Waals surface area contributed by atoms with Gasteiger partial charge in [-0.15, -0.1) is 0 Å². The van der Waals surface area contributed by atoms with Crippen LogP contribution in [0.2, 0.25) is 5.02 Å². The van der Waals surface area contributed by atoms with Crippen LogP contribution < -0.4 is 11.3 Å². The molecule has 0 saturated heterocycles. The molecule has 0 aliphatic rings. The van der Waals surface area contributed by atoms with E-state index in [9.17, 15) is 9.59 Å². The predicted molar refractivity (Wildman–Crippen MR) is 85.8 cm³/mol. The topological polar surface area (TPSA) is 74.3 Å². The van der Waals surface area contributed by atoms with Crippen LogP contribution in [-0.4, -0.2) is 23.7 Å². The van der Waals surface area contributed by atoms with Crippen LogP contribution in [0.3, 0.4) is 0 Å². The van der Waals surface area contributed by atoms with Crippen molar-refractivity contribution in [2.24, 2.45) is 12.8 Å². The third-order valence-electron chi connectivity index (χ3n) is 3.37. The van der Waals surface area contributed by atoms with E-state index in [1.54, 1.807) is 19.3 Å². The van der Waals surface area contributed by atoms with Crippen molar-refractivity contribution >= 4 is 17.6 Å². The number of benzene rings is 1. The van der Waals surface area contributed by atoms with Crippen LogP contribution in [0.25, 0.3) is 11.1 Å². The van der Waals surface area contributed by atoms with Crippen LogP contribution in [-0.2, 0) is 23.0 Å². The molecular formula is C16H17ClN2O3. The average Bonchev–Trinajstić information content (AvgIpc) is 2.50. The summed E-state index contributed by atoms with van der Waals surface area (Å²) in [6.07, 6.45) is 1.94. The standard InChI is InChI=1S/C16H17ClN2O3/c1-19-9-12(17)8-13(15(19)20)11-5-3-10(4-6-11)7-14(18)16(21)22-2/h3-6,8-9,14H,7,18H2,1-2H3/t14-/m0/s1. The number of aromatic nitrogens is 1. The average molecular weight is 321 g/mol. The maximum absolute atomic E-state index is 12.1. The van der Waals surface area contributed by atoms with E-state index in [1.807, 2.05) is 24.3 Å². The molecule has 1 aromatic carbocycles. The first-order valence-corrected chi connectivity index (χ1v) is 7.09. The van der Waals surface area contributed by atoms with E-state index < -0.39 is 12.0 Å². The number of pyridine rings is 1. The number of aryl methyl sites for hydroxylation is 1. The number of rotatable bonds is 4. The number of ether oxygens (including phenoxy) is 1. The van der Waals surface area contributed by atoms with Crippen LogP contribution in [0.15, 0.2) is 41.3 Å². The lowest BCUT2D eigenvalue weighted by molar-refractivity contribution is -0.142. The summed E-state index contributed by atoms with van der Waals surface area (Å²) in [4.78, 5) is 23.5. The van der Waals surface area contributed by atoms with E-state index in [1.165, 1.54) is 11.7 Å². The summed E-state index contributed by atoms with van der Waals surface area (Å²) >= 11 is 6.00. The van der Waals surface area contributed by atoms with Crippen molar-refractivity contribution in [2.75, 3.05) is 7.11 Å². The fraction of sp³-hybridized carbons (Fsp3) is 0.250. The van der Waals surface area contributed by atoms with E-state index in [-0.39, 0.29) is 5.56 Å². The highest BCUT2D eigenvalue weighted by atomic mass is 35.5. The number of nitrogens with zero attached hydrogens (tertiary/aromatic N) is 1. The zero-order valence-corrected chi connectivity index (χ0v) is 13.1. The van der Waals surface area contributed by atoms with Crippen LogP contribution >= 0.6 is 11.6 Å². The second-order valence-corrected chi connectivity index (χ2v) is 5.46. The molecule has 0 aliphatic heterocycles. The monoisotopic (exact) mass is 320 g/mol. The van der Waals surface area contributed by atoms with Crippen molar-refractivity contribution in [3.05, 3.63) is 57.5 Å². The van der Waals surface area contributed by atoms with Gasteiger partial charge in [-0.3, -0.25) is 9.59 Å². The summed E-state index contributed by atoms with van der Waals surface area (Å²) < 4.78 is 6.04. The number of hydrogen-bond donors (Lipinski definition) is 1. The van der Waals surface area contributed by atoms with Gasteiger partial charge in [-0.1, -0.05) is 35.9 Å². The Hall–Kier alpha value is -2.11.